The van der Waals surface area contributed by atoms with E-state index in [1.54, 1.807) is 0 Å². The molecular weight excluding hydrogens is 140 g/mol. The average molecular weight is 151 g/mol. The lowest BCUT2D eigenvalue weighted by Crippen LogP contribution is -1.81. The number of thiol groups is 1. The van der Waals surface area contributed by atoms with Crippen LogP contribution in [0.15, 0.2) is 24.3 Å². The van der Waals surface area contributed by atoms with Crippen molar-refractivity contribution < 1.29 is 0 Å². The van der Waals surface area contributed by atoms with Crippen molar-refractivity contribution in [2.75, 3.05) is 0 Å². The molecule has 0 atom stereocenters. The van der Waals surface area contributed by atoms with E-state index in [1.165, 1.54) is 11.1 Å². The van der Waals surface area contributed by atoms with Crippen molar-refractivity contribution in [3.8, 4) is 0 Å². The molecule has 0 aromatic heterocycles. The van der Waals surface area contributed by atoms with Crippen LogP contribution in [0, 0.1) is 12.7 Å². The van der Waals surface area contributed by atoms with E-state index in [2.05, 4.69) is 43.8 Å². The predicted octanol–water partition coefficient (Wildman–Crippen LogP) is 2.63. The average Bonchev–Trinajstić information content (AvgIpc) is 1.88. The maximum absolute atomic E-state index is 4.04. The van der Waals surface area contributed by atoms with Gasteiger partial charge in [-0.1, -0.05) is 29.8 Å². The molecule has 0 aliphatic rings. The molecule has 0 bridgehead atoms. The molecular formula is C9H11S. The van der Waals surface area contributed by atoms with Crippen LogP contribution in [0.3, 0.4) is 0 Å². The predicted molar refractivity (Wildman–Crippen MR) is 48.2 cm³/mol. The maximum atomic E-state index is 4.04. The van der Waals surface area contributed by atoms with Gasteiger partial charge in [-0.15, -0.1) is 0 Å². The second-order valence-electron chi connectivity index (χ2n) is 2.38. The summed E-state index contributed by atoms with van der Waals surface area (Å²) >= 11 is 4.04. The summed E-state index contributed by atoms with van der Waals surface area (Å²) in [6.07, 6.45) is 0.949. The lowest BCUT2D eigenvalue weighted by Gasteiger charge is -1.97. The van der Waals surface area contributed by atoms with Gasteiger partial charge in [0, 0.05) is 5.75 Å². The minimum atomic E-state index is 0.949. The van der Waals surface area contributed by atoms with Crippen LogP contribution in [-0.4, -0.2) is 0 Å². The first kappa shape index (κ1) is 7.67. The number of hydrogen-bond donors (Lipinski definition) is 1. The Labute approximate surface area is 67.7 Å². The fourth-order valence-electron chi connectivity index (χ4n) is 0.945. The summed E-state index contributed by atoms with van der Waals surface area (Å²) in [5.41, 5.74) is 2.64. The van der Waals surface area contributed by atoms with E-state index in [0.717, 1.165) is 6.42 Å². The SMILES string of the molecule is Cc1cccc(C[CH]S)c1. The molecule has 1 radical (unpaired) electrons. The van der Waals surface area contributed by atoms with Crippen LogP contribution in [0.5, 0.6) is 0 Å². The fraction of sp³-hybridized carbons (Fsp3) is 0.222. The first-order chi connectivity index (χ1) is 4.83. The van der Waals surface area contributed by atoms with Gasteiger partial charge in [0.05, 0.1) is 0 Å². The molecule has 0 saturated carbocycles. The molecule has 0 spiro atoms. The minimum Gasteiger partial charge on any atom is -0.174 e. The molecule has 0 N–H and O–H groups in total. The Kier molecular flexibility index (Phi) is 2.82. The lowest BCUT2D eigenvalue weighted by atomic mass is 10.1. The van der Waals surface area contributed by atoms with E-state index in [-0.39, 0.29) is 0 Å². The van der Waals surface area contributed by atoms with Crippen molar-refractivity contribution in [2.24, 2.45) is 0 Å². The Balaban J connectivity index is 2.75. The van der Waals surface area contributed by atoms with Crippen molar-refractivity contribution in [1.29, 1.82) is 0 Å². The van der Waals surface area contributed by atoms with Crippen LogP contribution in [0.4, 0.5) is 0 Å². The normalized spacial score (nSPS) is 9.80. The molecule has 1 aromatic carbocycles. The summed E-state index contributed by atoms with van der Waals surface area (Å²) in [6.45, 7) is 2.10. The standard InChI is InChI=1S/C9H11S/c1-8-3-2-4-9(7-8)5-6-10/h2-4,6-7,10H,5H2,1H3. The van der Waals surface area contributed by atoms with E-state index in [9.17, 15) is 0 Å². The van der Waals surface area contributed by atoms with Gasteiger partial charge in [-0.25, -0.2) is 0 Å². The number of rotatable bonds is 2. The third-order valence-electron chi connectivity index (χ3n) is 1.41. The van der Waals surface area contributed by atoms with Gasteiger partial charge < -0.3 is 0 Å². The lowest BCUT2D eigenvalue weighted by molar-refractivity contribution is 1.23. The van der Waals surface area contributed by atoms with E-state index in [4.69, 9.17) is 0 Å². The zero-order chi connectivity index (χ0) is 7.40. The van der Waals surface area contributed by atoms with Gasteiger partial charge in [0.25, 0.3) is 0 Å². The molecule has 0 nitrogen and oxygen atoms in total. The number of aryl methyl sites for hydroxylation is 1. The van der Waals surface area contributed by atoms with Gasteiger partial charge in [-0.2, -0.15) is 12.6 Å². The fourth-order valence-corrected chi connectivity index (χ4v) is 1.16. The quantitative estimate of drug-likeness (QED) is 0.617. The van der Waals surface area contributed by atoms with Gasteiger partial charge in [0.1, 0.15) is 0 Å². The molecule has 0 amide bonds. The second-order valence-corrected chi connectivity index (χ2v) is 2.74. The number of hydrogen-bond acceptors (Lipinski definition) is 1. The van der Waals surface area contributed by atoms with Gasteiger partial charge in [0.2, 0.25) is 0 Å². The van der Waals surface area contributed by atoms with Crippen molar-refractivity contribution in [1.82, 2.24) is 0 Å². The summed E-state index contributed by atoms with van der Waals surface area (Å²) in [5.74, 6) is 1.87. The van der Waals surface area contributed by atoms with Gasteiger partial charge >= 0.3 is 0 Å². The van der Waals surface area contributed by atoms with Crippen LogP contribution in [-0.2, 0) is 6.42 Å². The van der Waals surface area contributed by atoms with Gasteiger partial charge in [0.15, 0.2) is 0 Å². The molecule has 1 heteroatoms. The Bertz CT molecular complexity index is 206. The zero-order valence-corrected chi connectivity index (χ0v) is 6.94. The minimum absolute atomic E-state index is 0.949. The Morgan fingerprint density at radius 1 is 1.50 bits per heavy atom. The van der Waals surface area contributed by atoms with E-state index < -0.39 is 0 Å². The highest BCUT2D eigenvalue weighted by molar-refractivity contribution is 7.82. The van der Waals surface area contributed by atoms with Gasteiger partial charge in [-0.3, -0.25) is 0 Å². The van der Waals surface area contributed by atoms with Crippen LogP contribution in [0.1, 0.15) is 11.1 Å². The van der Waals surface area contributed by atoms with Crippen LogP contribution < -0.4 is 0 Å². The largest absolute Gasteiger partial charge is 0.174 e. The van der Waals surface area contributed by atoms with Crippen molar-refractivity contribution in [2.45, 2.75) is 13.3 Å². The van der Waals surface area contributed by atoms with E-state index in [0.29, 0.717) is 0 Å². The summed E-state index contributed by atoms with van der Waals surface area (Å²) in [5, 5.41) is 0. The van der Waals surface area contributed by atoms with Crippen molar-refractivity contribution in [3.05, 3.63) is 41.1 Å². The first-order valence-electron chi connectivity index (χ1n) is 3.34. The Morgan fingerprint density at radius 2 is 2.30 bits per heavy atom. The van der Waals surface area contributed by atoms with E-state index >= 15 is 0 Å². The smallest absolute Gasteiger partial charge is 0.0177 e. The summed E-state index contributed by atoms with van der Waals surface area (Å²) < 4.78 is 0. The molecule has 1 aromatic rings. The molecule has 1 rings (SSSR count). The monoisotopic (exact) mass is 151 g/mol. The maximum Gasteiger partial charge on any atom is 0.0177 e. The topological polar surface area (TPSA) is 0 Å². The molecule has 0 aliphatic carbocycles. The summed E-state index contributed by atoms with van der Waals surface area (Å²) in [4.78, 5) is 0. The first-order valence-corrected chi connectivity index (χ1v) is 3.86. The summed E-state index contributed by atoms with van der Waals surface area (Å²) in [6, 6.07) is 8.45. The number of benzene rings is 1. The third kappa shape index (κ3) is 2.07. The summed E-state index contributed by atoms with van der Waals surface area (Å²) in [7, 11) is 0. The second kappa shape index (κ2) is 3.67. The van der Waals surface area contributed by atoms with Crippen molar-refractivity contribution in [3.63, 3.8) is 0 Å². The molecule has 53 valence electrons. The van der Waals surface area contributed by atoms with Crippen LogP contribution in [0.2, 0.25) is 0 Å². The highest BCUT2D eigenvalue weighted by atomic mass is 32.1. The molecule has 0 heterocycles. The van der Waals surface area contributed by atoms with E-state index in [1.807, 2.05) is 5.75 Å². The Morgan fingerprint density at radius 3 is 2.90 bits per heavy atom. The zero-order valence-electron chi connectivity index (χ0n) is 6.04. The van der Waals surface area contributed by atoms with Crippen LogP contribution >= 0.6 is 12.6 Å². The van der Waals surface area contributed by atoms with Crippen molar-refractivity contribution >= 4 is 12.6 Å². The molecule has 0 saturated heterocycles. The molecule has 0 aliphatic heterocycles. The third-order valence-corrected chi connectivity index (χ3v) is 1.59. The van der Waals surface area contributed by atoms with Crippen LogP contribution in [0.25, 0.3) is 0 Å². The molecule has 0 unspecified atom stereocenters. The molecule has 10 heavy (non-hydrogen) atoms. The van der Waals surface area contributed by atoms with Gasteiger partial charge in [-0.05, 0) is 18.9 Å². The Hall–Kier alpha value is -0.430. The molecule has 0 fully saturated rings. The highest BCUT2D eigenvalue weighted by Crippen LogP contribution is 2.06. The highest BCUT2D eigenvalue weighted by Gasteiger charge is 1.89.